The molecule has 90 valence electrons. The quantitative estimate of drug-likeness (QED) is 0.709. The molecule has 1 saturated carbocycles. The number of imide groups is 1. The van der Waals surface area contributed by atoms with Gasteiger partial charge in [-0.25, -0.2) is 0 Å². The van der Waals surface area contributed by atoms with Crippen molar-refractivity contribution >= 4 is 11.8 Å². The Morgan fingerprint density at radius 1 is 1.38 bits per heavy atom. The molecule has 2 amide bonds. The fourth-order valence-corrected chi connectivity index (χ4v) is 2.52. The maximum atomic E-state index is 12.3. The first-order valence-corrected chi connectivity index (χ1v) is 5.98. The van der Waals surface area contributed by atoms with E-state index in [0.29, 0.717) is 6.42 Å². The fourth-order valence-electron chi connectivity index (χ4n) is 2.52. The minimum absolute atomic E-state index is 0.00407. The molecule has 2 fully saturated rings. The molecule has 0 radical (unpaired) electrons. The maximum absolute atomic E-state index is 12.3. The predicted molar refractivity (Wildman–Crippen MR) is 60.4 cm³/mol. The molecule has 2 rings (SSSR count). The van der Waals surface area contributed by atoms with Gasteiger partial charge in [0.05, 0.1) is 5.41 Å². The average Bonchev–Trinajstić information content (AvgIpc) is 2.35. The Morgan fingerprint density at radius 2 is 1.94 bits per heavy atom. The van der Waals surface area contributed by atoms with Crippen molar-refractivity contribution in [2.45, 2.75) is 52.1 Å². The normalized spacial score (nSPS) is 39.4. The predicted octanol–water partition coefficient (Wildman–Crippen LogP) is 0.897. The largest absolute Gasteiger partial charge is 0.328 e. The zero-order valence-corrected chi connectivity index (χ0v) is 10.2. The van der Waals surface area contributed by atoms with Crippen LogP contribution in [-0.2, 0) is 9.59 Å². The summed E-state index contributed by atoms with van der Waals surface area (Å²) in [6, 6.07) is 0.229. The molecule has 1 aliphatic carbocycles. The van der Waals surface area contributed by atoms with Gasteiger partial charge in [-0.2, -0.15) is 0 Å². The van der Waals surface area contributed by atoms with Gasteiger partial charge < -0.3 is 5.73 Å². The van der Waals surface area contributed by atoms with Crippen molar-refractivity contribution < 1.29 is 9.59 Å². The van der Waals surface area contributed by atoms with E-state index in [2.05, 4.69) is 0 Å². The zero-order valence-electron chi connectivity index (χ0n) is 10.2. The molecule has 0 aromatic heterocycles. The van der Waals surface area contributed by atoms with Gasteiger partial charge in [-0.05, 0) is 25.7 Å². The van der Waals surface area contributed by atoms with E-state index < -0.39 is 5.41 Å². The smallest absolute Gasteiger partial charge is 0.236 e. The summed E-state index contributed by atoms with van der Waals surface area (Å²) in [6.07, 6.45) is 1.90. The molecule has 0 spiro atoms. The summed E-state index contributed by atoms with van der Waals surface area (Å²) in [5.74, 6) is 0.185. The van der Waals surface area contributed by atoms with Crippen LogP contribution < -0.4 is 5.73 Å². The Morgan fingerprint density at radius 3 is 2.31 bits per heavy atom. The lowest BCUT2D eigenvalue weighted by Gasteiger charge is -2.39. The van der Waals surface area contributed by atoms with Gasteiger partial charge in [0.2, 0.25) is 11.8 Å². The number of rotatable bonds is 2. The van der Waals surface area contributed by atoms with Gasteiger partial charge in [0, 0.05) is 18.5 Å². The third-order valence-corrected chi connectivity index (χ3v) is 4.28. The second-order valence-corrected chi connectivity index (χ2v) is 5.70. The van der Waals surface area contributed by atoms with Crippen LogP contribution in [0.15, 0.2) is 0 Å². The number of amides is 2. The molecule has 4 nitrogen and oxygen atoms in total. The summed E-state index contributed by atoms with van der Waals surface area (Å²) in [7, 11) is 0. The molecule has 2 aliphatic rings. The van der Waals surface area contributed by atoms with Crippen LogP contribution in [0, 0.1) is 11.3 Å². The summed E-state index contributed by atoms with van der Waals surface area (Å²) in [6.45, 7) is 5.90. The molecule has 0 bridgehead atoms. The monoisotopic (exact) mass is 224 g/mol. The molecule has 1 unspecified atom stereocenters. The lowest BCUT2D eigenvalue weighted by atomic mass is 9.77. The summed E-state index contributed by atoms with van der Waals surface area (Å²) >= 11 is 0. The van der Waals surface area contributed by atoms with Crippen LogP contribution in [0.2, 0.25) is 0 Å². The van der Waals surface area contributed by atoms with E-state index in [4.69, 9.17) is 5.73 Å². The van der Waals surface area contributed by atoms with Crippen molar-refractivity contribution in [1.82, 2.24) is 4.90 Å². The van der Waals surface area contributed by atoms with Gasteiger partial charge in [0.1, 0.15) is 0 Å². The van der Waals surface area contributed by atoms with E-state index in [9.17, 15) is 9.59 Å². The van der Waals surface area contributed by atoms with E-state index in [0.717, 1.165) is 12.8 Å². The van der Waals surface area contributed by atoms with Crippen LogP contribution in [-0.4, -0.2) is 28.8 Å². The molecule has 1 saturated heterocycles. The van der Waals surface area contributed by atoms with Crippen molar-refractivity contribution in [3.63, 3.8) is 0 Å². The van der Waals surface area contributed by atoms with Crippen molar-refractivity contribution in [2.24, 2.45) is 17.1 Å². The third-order valence-electron chi connectivity index (χ3n) is 4.28. The lowest BCUT2D eigenvalue weighted by Crippen LogP contribution is -2.53. The van der Waals surface area contributed by atoms with Crippen molar-refractivity contribution in [2.75, 3.05) is 0 Å². The Hall–Kier alpha value is -0.900. The minimum Gasteiger partial charge on any atom is -0.328 e. The topological polar surface area (TPSA) is 63.4 Å². The molecule has 4 heteroatoms. The van der Waals surface area contributed by atoms with Crippen molar-refractivity contribution in [1.29, 1.82) is 0 Å². The van der Waals surface area contributed by atoms with Crippen LogP contribution in [0.3, 0.4) is 0 Å². The standard InChI is InChI=1S/C12H20N2O2/c1-7(2)12(3)6-10(15)14(11(12)16)9-4-8(13)5-9/h7-9H,4-6,13H2,1-3H3. The van der Waals surface area contributed by atoms with E-state index in [1.54, 1.807) is 0 Å². The second kappa shape index (κ2) is 3.55. The number of hydrogen-bond acceptors (Lipinski definition) is 3. The molecule has 0 aromatic carbocycles. The SMILES string of the molecule is CC(C)C1(C)CC(=O)N(C2CC(N)C2)C1=O. The molecule has 1 aliphatic heterocycles. The van der Waals surface area contributed by atoms with Gasteiger partial charge >= 0.3 is 0 Å². The van der Waals surface area contributed by atoms with Crippen LogP contribution in [0.5, 0.6) is 0 Å². The molecule has 1 heterocycles. The molecular formula is C12H20N2O2. The van der Waals surface area contributed by atoms with Crippen LogP contribution in [0.25, 0.3) is 0 Å². The summed E-state index contributed by atoms with van der Waals surface area (Å²) in [5, 5.41) is 0. The molecule has 1 atom stereocenters. The summed E-state index contributed by atoms with van der Waals surface area (Å²) < 4.78 is 0. The second-order valence-electron chi connectivity index (χ2n) is 5.70. The lowest BCUT2D eigenvalue weighted by molar-refractivity contribution is -0.146. The van der Waals surface area contributed by atoms with Crippen molar-refractivity contribution in [3.8, 4) is 0 Å². The van der Waals surface area contributed by atoms with Gasteiger partial charge in [0.25, 0.3) is 0 Å². The van der Waals surface area contributed by atoms with Gasteiger partial charge in [-0.1, -0.05) is 13.8 Å². The third kappa shape index (κ3) is 1.47. The summed E-state index contributed by atoms with van der Waals surface area (Å²) in [5.41, 5.74) is 5.20. The fraction of sp³-hybridized carbons (Fsp3) is 0.833. The first-order chi connectivity index (χ1) is 7.36. The maximum Gasteiger partial charge on any atom is 0.236 e. The molecule has 16 heavy (non-hydrogen) atoms. The highest BCUT2D eigenvalue weighted by Gasteiger charge is 2.53. The minimum atomic E-state index is -0.503. The summed E-state index contributed by atoms with van der Waals surface area (Å²) in [4.78, 5) is 25.7. The number of hydrogen-bond donors (Lipinski definition) is 1. The van der Waals surface area contributed by atoms with Crippen LogP contribution in [0.1, 0.15) is 40.0 Å². The Labute approximate surface area is 96.2 Å². The highest BCUT2D eigenvalue weighted by molar-refractivity contribution is 6.06. The Balaban J connectivity index is 2.17. The Kier molecular flexibility index (Phi) is 2.57. The molecule has 2 N–H and O–H groups in total. The van der Waals surface area contributed by atoms with Gasteiger partial charge in [0.15, 0.2) is 0 Å². The number of nitrogens with zero attached hydrogens (tertiary/aromatic N) is 1. The Bertz CT molecular complexity index is 334. The van der Waals surface area contributed by atoms with E-state index in [-0.39, 0.29) is 29.8 Å². The number of carbonyl (C=O) groups excluding carboxylic acids is 2. The molecular weight excluding hydrogens is 204 g/mol. The van der Waals surface area contributed by atoms with Crippen LogP contribution in [0.4, 0.5) is 0 Å². The molecule has 0 aromatic rings. The highest BCUT2D eigenvalue weighted by Crippen LogP contribution is 2.42. The van der Waals surface area contributed by atoms with Gasteiger partial charge in [-0.15, -0.1) is 0 Å². The van der Waals surface area contributed by atoms with Crippen LogP contribution >= 0.6 is 0 Å². The zero-order chi connectivity index (χ0) is 12.1. The van der Waals surface area contributed by atoms with Gasteiger partial charge in [-0.3, -0.25) is 14.5 Å². The number of carbonyl (C=O) groups is 2. The highest BCUT2D eigenvalue weighted by atomic mass is 16.2. The number of nitrogens with two attached hydrogens (primary N) is 1. The average molecular weight is 224 g/mol. The van der Waals surface area contributed by atoms with Crippen molar-refractivity contribution in [3.05, 3.63) is 0 Å². The first kappa shape index (κ1) is 11.6. The van der Waals surface area contributed by atoms with E-state index in [1.807, 2.05) is 20.8 Å². The number of likely N-dealkylation sites (tertiary alicyclic amines) is 1. The van der Waals surface area contributed by atoms with E-state index in [1.165, 1.54) is 4.90 Å². The van der Waals surface area contributed by atoms with E-state index >= 15 is 0 Å². The first-order valence-electron chi connectivity index (χ1n) is 5.98.